The van der Waals surface area contributed by atoms with Gasteiger partial charge in [-0.05, 0) is 63.8 Å². The summed E-state index contributed by atoms with van der Waals surface area (Å²) in [6.45, 7) is 4.90. The number of aromatic nitrogens is 2. The molecule has 0 saturated heterocycles. The molecule has 9 heteroatoms. The van der Waals surface area contributed by atoms with Gasteiger partial charge in [-0.1, -0.05) is 25.1 Å². The van der Waals surface area contributed by atoms with Crippen molar-refractivity contribution in [2.45, 2.75) is 65.3 Å². The maximum atomic E-state index is 15.2. The highest BCUT2D eigenvalue weighted by Crippen LogP contribution is 2.33. The standard InChI is InChI=1S/C27H29F4N3O2/c1-15(19-8-6-7-9-23(19)36-26(30)31)12-21(28)17(3)34-22-11-10-20(24(29)16(22)2)18-13-32-25(33-14-18)27(4,5)35/h6-11,13-15,21,26,35H,12H2,1-5H3/b34-17+/t15-,21?/m1/s1. The Morgan fingerprint density at radius 2 is 1.72 bits per heavy atom. The van der Waals surface area contributed by atoms with Crippen molar-refractivity contribution in [3.05, 3.63) is 71.6 Å². The topological polar surface area (TPSA) is 67.6 Å². The number of rotatable bonds is 9. The van der Waals surface area contributed by atoms with Gasteiger partial charge in [0.1, 0.15) is 23.3 Å². The summed E-state index contributed by atoms with van der Waals surface area (Å²) >= 11 is 0. The van der Waals surface area contributed by atoms with Crippen LogP contribution in [0.1, 0.15) is 57.0 Å². The van der Waals surface area contributed by atoms with Crippen LogP contribution in [-0.2, 0) is 5.60 Å². The summed E-state index contributed by atoms with van der Waals surface area (Å²) < 4.78 is 60.2. The van der Waals surface area contributed by atoms with Crippen molar-refractivity contribution in [1.29, 1.82) is 0 Å². The van der Waals surface area contributed by atoms with Crippen LogP contribution in [0.3, 0.4) is 0 Å². The van der Waals surface area contributed by atoms with E-state index in [-0.39, 0.29) is 40.5 Å². The third-order valence-electron chi connectivity index (χ3n) is 5.84. The maximum absolute atomic E-state index is 15.2. The van der Waals surface area contributed by atoms with E-state index >= 15 is 8.78 Å². The van der Waals surface area contributed by atoms with Crippen molar-refractivity contribution in [1.82, 2.24) is 9.97 Å². The number of benzene rings is 2. The third kappa shape index (κ3) is 6.46. The molecule has 1 unspecified atom stereocenters. The van der Waals surface area contributed by atoms with Gasteiger partial charge in [-0.25, -0.2) is 18.7 Å². The van der Waals surface area contributed by atoms with Crippen LogP contribution in [0.15, 0.2) is 53.8 Å². The molecular formula is C27H29F4N3O2. The second-order valence-corrected chi connectivity index (χ2v) is 9.20. The summed E-state index contributed by atoms with van der Waals surface area (Å²) in [5, 5.41) is 10.0. The SMILES string of the molecule is C/C(=N\c1ccc(-c2cnc(C(C)(C)O)nc2)c(F)c1C)C(F)C[C@@H](C)c1ccccc1OC(F)F. The van der Waals surface area contributed by atoms with E-state index in [0.717, 1.165) is 0 Å². The van der Waals surface area contributed by atoms with Crippen LogP contribution in [0.2, 0.25) is 0 Å². The molecule has 0 spiro atoms. The van der Waals surface area contributed by atoms with Gasteiger partial charge in [0.2, 0.25) is 0 Å². The van der Waals surface area contributed by atoms with Crippen molar-refractivity contribution in [3.8, 4) is 16.9 Å². The van der Waals surface area contributed by atoms with Crippen LogP contribution < -0.4 is 4.74 Å². The number of aliphatic imine (C=N–C) groups is 1. The molecule has 192 valence electrons. The Bertz CT molecular complexity index is 1220. The van der Waals surface area contributed by atoms with Crippen LogP contribution in [0, 0.1) is 12.7 Å². The molecule has 1 aromatic heterocycles. The van der Waals surface area contributed by atoms with Gasteiger partial charge in [0.25, 0.3) is 0 Å². The number of para-hydroxylation sites is 1. The smallest absolute Gasteiger partial charge is 0.387 e. The monoisotopic (exact) mass is 503 g/mol. The molecule has 1 heterocycles. The zero-order valence-corrected chi connectivity index (χ0v) is 20.8. The average molecular weight is 504 g/mol. The van der Waals surface area contributed by atoms with Gasteiger partial charge in [0.05, 0.1) is 5.69 Å². The molecule has 3 rings (SSSR count). The Balaban J connectivity index is 1.79. The zero-order chi connectivity index (χ0) is 26.6. The highest BCUT2D eigenvalue weighted by Gasteiger charge is 2.22. The third-order valence-corrected chi connectivity index (χ3v) is 5.84. The normalized spacial score (nSPS) is 14.1. The molecule has 5 nitrogen and oxygen atoms in total. The summed E-state index contributed by atoms with van der Waals surface area (Å²) in [5.41, 5.74) is 0.584. The summed E-state index contributed by atoms with van der Waals surface area (Å²) in [6, 6.07) is 9.40. The predicted molar refractivity (Wildman–Crippen MR) is 131 cm³/mol. The van der Waals surface area contributed by atoms with E-state index in [2.05, 4.69) is 19.7 Å². The van der Waals surface area contributed by atoms with Gasteiger partial charge in [-0.15, -0.1) is 0 Å². The molecular weight excluding hydrogens is 474 g/mol. The molecule has 0 amide bonds. The second-order valence-electron chi connectivity index (χ2n) is 9.20. The fourth-order valence-electron chi connectivity index (χ4n) is 3.76. The Kier molecular flexibility index (Phi) is 8.45. The van der Waals surface area contributed by atoms with Crippen LogP contribution in [0.5, 0.6) is 5.75 Å². The largest absolute Gasteiger partial charge is 0.435 e. The Morgan fingerprint density at radius 1 is 1.08 bits per heavy atom. The van der Waals surface area contributed by atoms with E-state index in [0.29, 0.717) is 11.1 Å². The fraction of sp³-hybridized carbons (Fsp3) is 0.370. The lowest BCUT2D eigenvalue weighted by Crippen LogP contribution is -2.19. The Morgan fingerprint density at radius 3 is 2.33 bits per heavy atom. The maximum Gasteiger partial charge on any atom is 0.387 e. The molecule has 1 N–H and O–H groups in total. The highest BCUT2D eigenvalue weighted by atomic mass is 19.3. The number of hydrogen-bond donors (Lipinski definition) is 1. The van der Waals surface area contributed by atoms with E-state index in [1.807, 2.05) is 0 Å². The van der Waals surface area contributed by atoms with Crippen molar-refractivity contribution >= 4 is 11.4 Å². The Hall–Kier alpha value is -3.33. The van der Waals surface area contributed by atoms with Crippen LogP contribution in [0.25, 0.3) is 11.1 Å². The first-order valence-electron chi connectivity index (χ1n) is 11.5. The molecule has 0 fully saturated rings. The number of halogens is 4. The molecule has 0 aliphatic carbocycles. The summed E-state index contributed by atoms with van der Waals surface area (Å²) in [7, 11) is 0. The van der Waals surface area contributed by atoms with Crippen molar-refractivity contribution in [3.63, 3.8) is 0 Å². The van der Waals surface area contributed by atoms with Gasteiger partial charge < -0.3 is 9.84 Å². The minimum atomic E-state index is -2.98. The van der Waals surface area contributed by atoms with Crippen molar-refractivity contribution in [2.24, 2.45) is 4.99 Å². The van der Waals surface area contributed by atoms with Gasteiger partial charge in [-0.3, -0.25) is 4.99 Å². The average Bonchev–Trinajstić information content (AvgIpc) is 2.81. The number of alkyl halides is 3. The molecule has 0 saturated carbocycles. The van der Waals surface area contributed by atoms with Crippen LogP contribution in [-0.4, -0.2) is 33.6 Å². The van der Waals surface area contributed by atoms with E-state index in [9.17, 15) is 13.9 Å². The van der Waals surface area contributed by atoms with Gasteiger partial charge in [0.15, 0.2) is 5.82 Å². The second kappa shape index (κ2) is 11.2. The fourth-order valence-corrected chi connectivity index (χ4v) is 3.76. The van der Waals surface area contributed by atoms with E-state index in [4.69, 9.17) is 0 Å². The number of ether oxygens (including phenoxy) is 1. The number of nitrogens with zero attached hydrogens (tertiary/aromatic N) is 3. The zero-order valence-electron chi connectivity index (χ0n) is 20.8. The molecule has 2 aromatic carbocycles. The predicted octanol–water partition coefficient (Wildman–Crippen LogP) is 7.04. The lowest BCUT2D eigenvalue weighted by Gasteiger charge is -2.19. The molecule has 36 heavy (non-hydrogen) atoms. The molecule has 2 atom stereocenters. The summed E-state index contributed by atoms with van der Waals surface area (Å²) in [5.74, 6) is -0.737. The van der Waals surface area contributed by atoms with Crippen molar-refractivity contribution < 1.29 is 27.4 Å². The Labute approximate surface area is 207 Å². The highest BCUT2D eigenvalue weighted by molar-refractivity contribution is 5.89. The summed E-state index contributed by atoms with van der Waals surface area (Å²) in [4.78, 5) is 12.5. The quantitative estimate of drug-likeness (QED) is 0.251. The van der Waals surface area contributed by atoms with E-state index < -0.39 is 30.1 Å². The minimum Gasteiger partial charge on any atom is -0.435 e. The van der Waals surface area contributed by atoms with Crippen molar-refractivity contribution in [2.75, 3.05) is 0 Å². The first-order chi connectivity index (χ1) is 16.9. The number of aliphatic hydroxyl groups is 1. The van der Waals surface area contributed by atoms with Gasteiger partial charge in [-0.2, -0.15) is 8.78 Å². The minimum absolute atomic E-state index is 0.00913. The summed E-state index contributed by atoms with van der Waals surface area (Å²) in [6.07, 6.45) is 1.37. The van der Waals surface area contributed by atoms with E-state index in [1.165, 1.54) is 31.5 Å². The van der Waals surface area contributed by atoms with E-state index in [1.54, 1.807) is 52.0 Å². The van der Waals surface area contributed by atoms with Crippen LogP contribution >= 0.6 is 0 Å². The van der Waals surface area contributed by atoms with Crippen LogP contribution in [0.4, 0.5) is 23.2 Å². The lowest BCUT2D eigenvalue weighted by molar-refractivity contribution is -0.0506. The molecule has 3 aromatic rings. The molecule has 0 bridgehead atoms. The molecule has 0 aliphatic heterocycles. The first-order valence-corrected chi connectivity index (χ1v) is 11.5. The van der Waals surface area contributed by atoms with Gasteiger partial charge in [0, 0.05) is 34.8 Å². The van der Waals surface area contributed by atoms with Gasteiger partial charge >= 0.3 is 6.61 Å². The molecule has 0 aliphatic rings. The molecule has 0 radical (unpaired) electrons. The first kappa shape index (κ1) is 27.3. The number of hydrogen-bond acceptors (Lipinski definition) is 5. The lowest BCUT2D eigenvalue weighted by atomic mass is 9.93.